The number of carbonyl (C=O) groups is 1. The van der Waals surface area contributed by atoms with Crippen LogP contribution in [0.2, 0.25) is 10.0 Å². The first-order valence-electron chi connectivity index (χ1n) is 7.05. The Bertz CT molecular complexity index is 878. The van der Waals surface area contributed by atoms with E-state index in [1.807, 2.05) is 24.3 Å². The lowest BCUT2D eigenvalue weighted by Crippen LogP contribution is -2.16. The second-order valence-electron chi connectivity index (χ2n) is 5.08. The summed E-state index contributed by atoms with van der Waals surface area (Å²) in [6.45, 7) is 0.546. The maximum atomic E-state index is 12.4. The van der Waals surface area contributed by atoms with Crippen LogP contribution in [0.25, 0.3) is 0 Å². The standard InChI is InChI=1S/C17H12BrCl2N3O/c18-12-3-1-11(2-4-12)10-23-16(7-8-21-23)22-17(24)14-6-5-13(19)9-15(14)20/h1-9H,10H2,(H,22,24). The fraction of sp³-hybridized carbons (Fsp3) is 0.0588. The molecule has 3 rings (SSSR count). The summed E-state index contributed by atoms with van der Waals surface area (Å²) in [5.74, 6) is 0.281. The summed E-state index contributed by atoms with van der Waals surface area (Å²) >= 11 is 15.3. The third-order valence-electron chi connectivity index (χ3n) is 3.38. The number of aromatic nitrogens is 2. The van der Waals surface area contributed by atoms with E-state index >= 15 is 0 Å². The van der Waals surface area contributed by atoms with Crippen molar-refractivity contribution in [2.45, 2.75) is 6.54 Å². The van der Waals surface area contributed by atoms with Gasteiger partial charge >= 0.3 is 0 Å². The summed E-state index contributed by atoms with van der Waals surface area (Å²) in [5, 5.41) is 7.86. The van der Waals surface area contributed by atoms with E-state index in [-0.39, 0.29) is 5.91 Å². The minimum absolute atomic E-state index is 0.305. The van der Waals surface area contributed by atoms with Crippen LogP contribution in [0, 0.1) is 0 Å². The Labute approximate surface area is 157 Å². The van der Waals surface area contributed by atoms with E-state index in [0.29, 0.717) is 28.0 Å². The van der Waals surface area contributed by atoms with Crippen molar-refractivity contribution in [2.24, 2.45) is 0 Å². The van der Waals surface area contributed by atoms with E-state index in [2.05, 4.69) is 26.3 Å². The van der Waals surface area contributed by atoms with E-state index < -0.39 is 0 Å². The van der Waals surface area contributed by atoms with E-state index in [9.17, 15) is 4.79 Å². The summed E-state index contributed by atoms with van der Waals surface area (Å²) < 4.78 is 2.72. The Morgan fingerprint density at radius 3 is 2.58 bits per heavy atom. The van der Waals surface area contributed by atoms with Crippen LogP contribution in [0.3, 0.4) is 0 Å². The number of halogens is 3. The van der Waals surface area contributed by atoms with Gasteiger partial charge in [-0.3, -0.25) is 4.79 Å². The molecule has 2 aromatic carbocycles. The predicted molar refractivity (Wildman–Crippen MR) is 99.9 cm³/mol. The zero-order valence-corrected chi connectivity index (χ0v) is 15.4. The summed E-state index contributed by atoms with van der Waals surface area (Å²) in [6, 6.07) is 14.4. The topological polar surface area (TPSA) is 46.9 Å². The first-order chi connectivity index (χ1) is 11.5. The van der Waals surface area contributed by atoms with Gasteiger partial charge in [0.05, 0.1) is 23.3 Å². The molecule has 1 heterocycles. The largest absolute Gasteiger partial charge is 0.307 e. The number of carbonyl (C=O) groups excluding carboxylic acids is 1. The number of nitrogens with one attached hydrogen (secondary N) is 1. The van der Waals surface area contributed by atoms with Crippen molar-refractivity contribution in [3.63, 3.8) is 0 Å². The van der Waals surface area contributed by atoms with Gasteiger partial charge in [0.2, 0.25) is 0 Å². The van der Waals surface area contributed by atoms with Gasteiger partial charge in [-0.15, -0.1) is 0 Å². The van der Waals surface area contributed by atoms with Gasteiger partial charge in [0, 0.05) is 15.6 Å². The zero-order chi connectivity index (χ0) is 17.1. The molecular formula is C17H12BrCl2N3O. The summed E-state index contributed by atoms with van der Waals surface area (Å²) in [6.07, 6.45) is 1.64. The molecule has 0 saturated carbocycles. The molecule has 3 aromatic rings. The number of rotatable bonds is 4. The van der Waals surface area contributed by atoms with Gasteiger partial charge in [0.15, 0.2) is 0 Å². The van der Waals surface area contributed by atoms with Crippen LogP contribution in [0.1, 0.15) is 15.9 Å². The molecule has 1 amide bonds. The molecule has 0 bridgehead atoms. The van der Waals surface area contributed by atoms with Crippen molar-refractivity contribution in [3.05, 3.63) is 80.4 Å². The van der Waals surface area contributed by atoms with Gasteiger partial charge in [-0.1, -0.05) is 51.3 Å². The Morgan fingerprint density at radius 1 is 1.12 bits per heavy atom. The second kappa shape index (κ2) is 7.38. The molecule has 0 radical (unpaired) electrons. The van der Waals surface area contributed by atoms with Crippen molar-refractivity contribution in [1.82, 2.24) is 9.78 Å². The Balaban J connectivity index is 1.77. The van der Waals surface area contributed by atoms with Gasteiger partial charge in [-0.25, -0.2) is 4.68 Å². The Morgan fingerprint density at radius 2 is 1.88 bits per heavy atom. The molecule has 0 atom stereocenters. The molecule has 0 spiro atoms. The maximum absolute atomic E-state index is 12.4. The molecule has 0 aliphatic rings. The quantitative estimate of drug-likeness (QED) is 0.621. The summed E-state index contributed by atoms with van der Waals surface area (Å²) in [5.41, 5.74) is 1.43. The van der Waals surface area contributed by atoms with Crippen molar-refractivity contribution >= 4 is 50.9 Å². The fourth-order valence-electron chi connectivity index (χ4n) is 2.18. The molecule has 122 valence electrons. The SMILES string of the molecule is O=C(Nc1ccnn1Cc1ccc(Br)cc1)c1ccc(Cl)cc1Cl. The molecule has 7 heteroatoms. The highest BCUT2D eigenvalue weighted by atomic mass is 79.9. The molecule has 4 nitrogen and oxygen atoms in total. The van der Waals surface area contributed by atoms with E-state index in [0.717, 1.165) is 10.0 Å². The average molecular weight is 425 g/mol. The maximum Gasteiger partial charge on any atom is 0.258 e. The lowest BCUT2D eigenvalue weighted by molar-refractivity contribution is 0.102. The number of hydrogen-bond acceptors (Lipinski definition) is 2. The third kappa shape index (κ3) is 3.98. The van der Waals surface area contributed by atoms with Crippen molar-refractivity contribution in [1.29, 1.82) is 0 Å². The van der Waals surface area contributed by atoms with Crippen LogP contribution < -0.4 is 5.32 Å². The minimum Gasteiger partial charge on any atom is -0.307 e. The molecule has 0 aliphatic heterocycles. The number of amides is 1. The van der Waals surface area contributed by atoms with E-state index in [4.69, 9.17) is 23.2 Å². The predicted octanol–water partition coefficient (Wildman–Crippen LogP) is 5.25. The van der Waals surface area contributed by atoms with Crippen molar-refractivity contribution in [2.75, 3.05) is 5.32 Å². The van der Waals surface area contributed by atoms with Crippen LogP contribution in [0.4, 0.5) is 5.82 Å². The van der Waals surface area contributed by atoms with Gasteiger partial charge < -0.3 is 5.32 Å². The average Bonchev–Trinajstić information content (AvgIpc) is 2.96. The smallest absolute Gasteiger partial charge is 0.258 e. The molecule has 24 heavy (non-hydrogen) atoms. The molecule has 1 N–H and O–H groups in total. The van der Waals surface area contributed by atoms with Crippen LogP contribution in [-0.4, -0.2) is 15.7 Å². The highest BCUT2D eigenvalue weighted by Gasteiger charge is 2.13. The van der Waals surface area contributed by atoms with Crippen LogP contribution in [0.5, 0.6) is 0 Å². The van der Waals surface area contributed by atoms with Crippen molar-refractivity contribution in [3.8, 4) is 0 Å². The van der Waals surface area contributed by atoms with E-state index in [1.165, 1.54) is 6.07 Å². The third-order valence-corrected chi connectivity index (χ3v) is 4.46. The summed E-state index contributed by atoms with van der Waals surface area (Å²) in [4.78, 5) is 12.4. The molecule has 1 aromatic heterocycles. The normalized spacial score (nSPS) is 10.6. The van der Waals surface area contributed by atoms with Gasteiger partial charge in [0.1, 0.15) is 5.82 Å². The second-order valence-corrected chi connectivity index (χ2v) is 6.84. The van der Waals surface area contributed by atoms with Crippen molar-refractivity contribution < 1.29 is 4.79 Å². The lowest BCUT2D eigenvalue weighted by Gasteiger charge is -2.10. The highest BCUT2D eigenvalue weighted by Crippen LogP contribution is 2.22. The molecule has 0 fully saturated rings. The number of anilines is 1. The van der Waals surface area contributed by atoms with Crippen LogP contribution >= 0.6 is 39.1 Å². The first kappa shape index (κ1) is 17.0. The highest BCUT2D eigenvalue weighted by molar-refractivity contribution is 9.10. The zero-order valence-electron chi connectivity index (χ0n) is 12.3. The lowest BCUT2D eigenvalue weighted by atomic mass is 10.2. The number of hydrogen-bond donors (Lipinski definition) is 1. The monoisotopic (exact) mass is 423 g/mol. The molecule has 0 unspecified atom stereocenters. The van der Waals surface area contributed by atoms with E-state index in [1.54, 1.807) is 29.1 Å². The Kier molecular flexibility index (Phi) is 5.23. The van der Waals surface area contributed by atoms with Gasteiger partial charge in [0.25, 0.3) is 5.91 Å². The molecule has 0 saturated heterocycles. The van der Waals surface area contributed by atoms with Gasteiger partial charge in [-0.2, -0.15) is 5.10 Å². The molecule has 0 aliphatic carbocycles. The van der Waals surface area contributed by atoms with Crippen LogP contribution in [-0.2, 0) is 6.54 Å². The summed E-state index contributed by atoms with van der Waals surface area (Å²) in [7, 11) is 0. The minimum atomic E-state index is -0.311. The van der Waals surface area contributed by atoms with Gasteiger partial charge in [-0.05, 0) is 35.9 Å². The fourth-order valence-corrected chi connectivity index (χ4v) is 2.94. The number of nitrogens with zero attached hydrogens (tertiary/aromatic N) is 2. The first-order valence-corrected chi connectivity index (χ1v) is 8.60. The molecular weight excluding hydrogens is 413 g/mol. The Hall–Kier alpha value is -1.82. The number of benzene rings is 2. The van der Waals surface area contributed by atoms with Crippen LogP contribution in [0.15, 0.2) is 59.2 Å².